The van der Waals surface area contributed by atoms with E-state index in [0.29, 0.717) is 25.7 Å². The molecule has 0 aromatic rings. The zero-order valence-electron chi connectivity index (χ0n) is 63.4. The van der Waals surface area contributed by atoms with Crippen LogP contribution in [-0.2, 0) is 65.4 Å². The van der Waals surface area contributed by atoms with Crippen LogP contribution in [0.15, 0.2) is 24.3 Å². The number of hydrogen-bond acceptors (Lipinski definition) is 15. The number of allylic oxidation sites excluding steroid dienone is 4. The molecule has 0 spiro atoms. The maximum absolute atomic E-state index is 13.1. The largest absolute Gasteiger partial charge is 0.472 e. The number of esters is 4. The zero-order chi connectivity index (χ0) is 71.9. The van der Waals surface area contributed by atoms with Crippen molar-refractivity contribution >= 4 is 39.5 Å². The number of carbonyl (C=O) groups is 4. The molecule has 0 bridgehead atoms. The number of hydrogen-bond donors (Lipinski definition) is 3. The number of carbonyl (C=O) groups excluding carboxylic acids is 4. The minimum absolute atomic E-state index is 0.102. The zero-order valence-corrected chi connectivity index (χ0v) is 65.2. The number of phosphoric acid groups is 2. The number of phosphoric ester groups is 2. The first-order valence-electron chi connectivity index (χ1n) is 40.5. The van der Waals surface area contributed by atoms with Gasteiger partial charge in [0.1, 0.15) is 19.3 Å². The monoisotopic (exact) mass is 1430 g/mol. The lowest BCUT2D eigenvalue weighted by Gasteiger charge is -2.21. The molecule has 0 saturated heterocycles. The van der Waals surface area contributed by atoms with Gasteiger partial charge in [-0.25, -0.2) is 9.13 Å². The lowest BCUT2D eigenvalue weighted by Crippen LogP contribution is -2.30. The van der Waals surface area contributed by atoms with Crippen molar-refractivity contribution in [1.82, 2.24) is 0 Å². The number of aliphatic hydroxyl groups is 1. The van der Waals surface area contributed by atoms with Crippen molar-refractivity contribution in [2.24, 2.45) is 5.92 Å². The number of ether oxygens (including phenoxy) is 4. The highest BCUT2D eigenvalue weighted by Crippen LogP contribution is 2.45. The molecule has 3 N–H and O–H groups in total. The third kappa shape index (κ3) is 71.9. The summed E-state index contributed by atoms with van der Waals surface area (Å²) in [6.45, 7) is 7.26. The van der Waals surface area contributed by atoms with Gasteiger partial charge in [0.25, 0.3) is 0 Å². The van der Waals surface area contributed by atoms with Crippen LogP contribution in [0.1, 0.15) is 394 Å². The standard InChI is InChI=1S/C79H150O17P2/c1-6-9-12-15-18-21-24-27-29-31-34-39-44-49-54-59-64-78(83)95-74(68-90-77(82)63-58-53-48-43-38-33-30-28-25-22-19-16-13-10-7-2)70-93-97(85,86)91-66-73(80)67-92-98(87,88)94-71-75(69-89-76(81)62-57-52-47-42-37-32-26-23-20-17-14-11-8-3)96-79(84)65-60-55-50-45-40-35-36-41-46-51-56-61-72(4)5/h22,25,28,30,72-75,80H,6-21,23-24,26-27,29,31-71H2,1-5H3,(H,85,86)(H,87,88)/b25-22-,30-28-/t73-,74-,75-/m1/s1. The Morgan fingerprint density at radius 3 is 0.837 bits per heavy atom. The Hall–Kier alpha value is -2.46. The van der Waals surface area contributed by atoms with E-state index in [0.717, 1.165) is 115 Å². The third-order valence-corrected chi connectivity index (χ3v) is 19.8. The van der Waals surface area contributed by atoms with E-state index >= 15 is 0 Å². The smallest absolute Gasteiger partial charge is 0.462 e. The molecule has 0 aromatic heterocycles. The number of unbranched alkanes of at least 4 members (excludes halogenated alkanes) is 46. The van der Waals surface area contributed by atoms with Crippen LogP contribution in [0, 0.1) is 5.92 Å². The van der Waals surface area contributed by atoms with Crippen molar-refractivity contribution in [2.75, 3.05) is 39.6 Å². The van der Waals surface area contributed by atoms with Crippen molar-refractivity contribution in [3.8, 4) is 0 Å². The van der Waals surface area contributed by atoms with Gasteiger partial charge < -0.3 is 33.8 Å². The summed E-state index contributed by atoms with van der Waals surface area (Å²) >= 11 is 0. The Kier molecular flexibility index (Phi) is 69.7. The Morgan fingerprint density at radius 2 is 0.551 bits per heavy atom. The minimum atomic E-state index is -4.97. The van der Waals surface area contributed by atoms with Crippen molar-refractivity contribution in [3.05, 3.63) is 24.3 Å². The predicted molar refractivity (Wildman–Crippen MR) is 400 cm³/mol. The summed E-state index contributed by atoms with van der Waals surface area (Å²) in [4.78, 5) is 73.0. The third-order valence-electron chi connectivity index (χ3n) is 17.9. The minimum Gasteiger partial charge on any atom is -0.462 e. The Labute approximate surface area is 599 Å². The van der Waals surface area contributed by atoms with Crippen LogP contribution < -0.4 is 0 Å². The van der Waals surface area contributed by atoms with Crippen LogP contribution in [0.25, 0.3) is 0 Å². The van der Waals surface area contributed by atoms with E-state index in [1.165, 1.54) is 199 Å². The lowest BCUT2D eigenvalue weighted by atomic mass is 10.0. The summed E-state index contributed by atoms with van der Waals surface area (Å²) in [5.41, 5.74) is 0. The molecular formula is C79H150O17P2. The molecule has 578 valence electrons. The second-order valence-electron chi connectivity index (χ2n) is 28.2. The van der Waals surface area contributed by atoms with Gasteiger partial charge in [0.2, 0.25) is 0 Å². The first kappa shape index (κ1) is 95.5. The molecule has 0 rings (SSSR count). The fraction of sp³-hybridized carbons (Fsp3) is 0.899. The summed E-state index contributed by atoms with van der Waals surface area (Å²) in [6, 6.07) is 0. The lowest BCUT2D eigenvalue weighted by molar-refractivity contribution is -0.161. The molecule has 0 fully saturated rings. The molecule has 0 aliphatic carbocycles. The average Bonchev–Trinajstić information content (AvgIpc) is 1.06. The average molecular weight is 1430 g/mol. The van der Waals surface area contributed by atoms with Crippen LogP contribution in [0.4, 0.5) is 0 Å². The molecule has 0 saturated carbocycles. The molecule has 0 aliphatic rings. The van der Waals surface area contributed by atoms with Gasteiger partial charge in [-0.1, -0.05) is 341 Å². The molecule has 17 nitrogen and oxygen atoms in total. The van der Waals surface area contributed by atoms with Crippen molar-refractivity contribution < 1.29 is 80.2 Å². The summed E-state index contributed by atoms with van der Waals surface area (Å²) in [5, 5.41) is 10.6. The first-order valence-corrected chi connectivity index (χ1v) is 43.4. The van der Waals surface area contributed by atoms with E-state index < -0.39 is 97.5 Å². The molecule has 0 radical (unpaired) electrons. The Balaban J connectivity index is 5.30. The quantitative estimate of drug-likeness (QED) is 0.0169. The fourth-order valence-electron chi connectivity index (χ4n) is 11.7. The fourth-order valence-corrected chi connectivity index (χ4v) is 13.3. The summed E-state index contributed by atoms with van der Waals surface area (Å²) in [7, 11) is -9.93. The van der Waals surface area contributed by atoms with Gasteiger partial charge in [0, 0.05) is 25.7 Å². The Morgan fingerprint density at radius 1 is 0.316 bits per heavy atom. The van der Waals surface area contributed by atoms with Gasteiger partial charge in [-0.3, -0.25) is 37.3 Å². The molecule has 5 atom stereocenters. The second kappa shape index (κ2) is 71.5. The molecule has 98 heavy (non-hydrogen) atoms. The van der Waals surface area contributed by atoms with E-state index in [-0.39, 0.29) is 25.7 Å². The number of rotatable bonds is 77. The van der Waals surface area contributed by atoms with Crippen molar-refractivity contribution in [3.63, 3.8) is 0 Å². The van der Waals surface area contributed by atoms with E-state index in [2.05, 4.69) is 58.9 Å². The summed E-state index contributed by atoms with van der Waals surface area (Å²) in [6.07, 6.45) is 64.4. The molecule has 0 aliphatic heterocycles. The highest BCUT2D eigenvalue weighted by atomic mass is 31.2. The Bertz CT molecular complexity index is 1970. The molecule has 19 heteroatoms. The van der Waals surface area contributed by atoms with E-state index in [9.17, 15) is 43.2 Å². The van der Waals surface area contributed by atoms with Gasteiger partial charge in [-0.15, -0.1) is 0 Å². The van der Waals surface area contributed by atoms with Crippen LogP contribution in [0.5, 0.6) is 0 Å². The van der Waals surface area contributed by atoms with E-state index in [1.807, 2.05) is 0 Å². The molecule has 0 aromatic carbocycles. The van der Waals surface area contributed by atoms with Gasteiger partial charge in [0.05, 0.1) is 26.4 Å². The van der Waals surface area contributed by atoms with Gasteiger partial charge in [0.15, 0.2) is 12.2 Å². The van der Waals surface area contributed by atoms with Crippen LogP contribution in [0.3, 0.4) is 0 Å². The summed E-state index contributed by atoms with van der Waals surface area (Å²) < 4.78 is 68.6. The van der Waals surface area contributed by atoms with E-state index in [1.54, 1.807) is 0 Å². The predicted octanol–water partition coefficient (Wildman–Crippen LogP) is 23.2. The van der Waals surface area contributed by atoms with Crippen LogP contribution >= 0.6 is 15.6 Å². The van der Waals surface area contributed by atoms with Crippen molar-refractivity contribution in [2.45, 2.75) is 412 Å². The summed E-state index contributed by atoms with van der Waals surface area (Å²) in [5.74, 6) is -1.37. The normalized spacial score (nSPS) is 14.1. The highest BCUT2D eigenvalue weighted by Gasteiger charge is 2.30. The van der Waals surface area contributed by atoms with E-state index in [4.69, 9.17) is 37.0 Å². The second-order valence-corrected chi connectivity index (χ2v) is 31.2. The van der Waals surface area contributed by atoms with Gasteiger partial charge in [-0.05, 0) is 57.3 Å². The molecular weight excluding hydrogens is 1280 g/mol. The van der Waals surface area contributed by atoms with Gasteiger partial charge >= 0.3 is 39.5 Å². The van der Waals surface area contributed by atoms with Crippen LogP contribution in [0.2, 0.25) is 0 Å². The van der Waals surface area contributed by atoms with Crippen molar-refractivity contribution in [1.29, 1.82) is 0 Å². The highest BCUT2D eigenvalue weighted by molar-refractivity contribution is 7.47. The molecule has 0 amide bonds. The number of aliphatic hydroxyl groups excluding tert-OH is 1. The topological polar surface area (TPSA) is 237 Å². The first-order chi connectivity index (χ1) is 47.5. The van der Waals surface area contributed by atoms with Crippen LogP contribution in [-0.4, -0.2) is 96.7 Å². The maximum Gasteiger partial charge on any atom is 0.472 e. The maximum atomic E-state index is 13.1. The van der Waals surface area contributed by atoms with Gasteiger partial charge in [-0.2, -0.15) is 0 Å². The molecule has 0 heterocycles. The SMILES string of the molecule is CCCCCC/C=C\C=C/CCCCCCCC(=O)OC[C@H](COP(=O)(O)OC[C@@H](O)COP(=O)(O)OC[C@@H](COC(=O)CCCCCCCCCCCCCCC)OC(=O)CCCCCCCCCCCCCC(C)C)OC(=O)CCCCCCCCCCCCCCCCCC. The molecule has 2 unspecified atom stereocenters.